The van der Waals surface area contributed by atoms with Crippen molar-refractivity contribution in [1.29, 1.82) is 5.26 Å². The molecule has 6 heteroatoms. The highest BCUT2D eigenvalue weighted by Crippen LogP contribution is 2.27. The van der Waals surface area contributed by atoms with Crippen LogP contribution in [-0.4, -0.2) is 29.8 Å². The maximum absolute atomic E-state index is 11.9. The van der Waals surface area contributed by atoms with Crippen LogP contribution in [0.4, 0.5) is 0 Å². The van der Waals surface area contributed by atoms with Crippen molar-refractivity contribution in [2.24, 2.45) is 0 Å². The lowest BCUT2D eigenvalue weighted by Gasteiger charge is -2.04. The summed E-state index contributed by atoms with van der Waals surface area (Å²) in [6.07, 6.45) is 3.39. The molecule has 1 N–H and O–H groups in total. The van der Waals surface area contributed by atoms with Gasteiger partial charge >= 0.3 is 0 Å². The lowest BCUT2D eigenvalue weighted by atomic mass is 10.1. The number of benzene rings is 2. The van der Waals surface area contributed by atoms with Crippen LogP contribution in [0.1, 0.15) is 11.1 Å². The molecule has 1 aromatic heterocycles. The van der Waals surface area contributed by atoms with Gasteiger partial charge < -0.3 is 10.1 Å². The molecule has 6 nitrogen and oxygen atoms in total. The normalized spacial score (nSPS) is 11.0. The summed E-state index contributed by atoms with van der Waals surface area (Å²) in [6.45, 7) is 0.577. The molecule has 3 rings (SSSR count). The van der Waals surface area contributed by atoms with Gasteiger partial charge in [0.2, 0.25) is 0 Å². The Bertz CT molecular complexity index is 1050. The van der Waals surface area contributed by atoms with Crippen LogP contribution < -0.4 is 10.1 Å². The fourth-order valence-corrected chi connectivity index (χ4v) is 2.83. The largest absolute Gasteiger partial charge is 0.497 e. The fraction of sp³-hybridized carbons (Fsp3) is 0.136. The van der Waals surface area contributed by atoms with Crippen molar-refractivity contribution in [3.63, 3.8) is 0 Å². The average Bonchev–Trinajstić information content (AvgIpc) is 3.14. The van der Waals surface area contributed by atoms with E-state index in [9.17, 15) is 10.1 Å². The lowest BCUT2D eigenvalue weighted by molar-refractivity contribution is -0.116. The Kier molecular flexibility index (Phi) is 5.87. The fourth-order valence-electron chi connectivity index (χ4n) is 2.83. The third kappa shape index (κ3) is 4.27. The van der Waals surface area contributed by atoms with E-state index in [1.54, 1.807) is 17.9 Å². The molecule has 0 atom stereocenters. The second-order valence-electron chi connectivity index (χ2n) is 6.10. The molecule has 0 aliphatic carbocycles. The number of amides is 1. The van der Waals surface area contributed by atoms with Gasteiger partial charge in [0.15, 0.2) is 0 Å². The molecule has 1 heterocycles. The van der Waals surface area contributed by atoms with Gasteiger partial charge in [0, 0.05) is 24.4 Å². The predicted octanol–water partition coefficient (Wildman–Crippen LogP) is 3.26. The van der Waals surface area contributed by atoms with E-state index in [1.165, 1.54) is 7.05 Å². The number of hydrogen-bond donors (Lipinski definition) is 1. The first-order chi connectivity index (χ1) is 13.6. The quantitative estimate of drug-likeness (QED) is 0.532. The Labute approximate surface area is 163 Å². The highest BCUT2D eigenvalue weighted by molar-refractivity contribution is 6.02. The molecule has 2 aromatic carbocycles. The molecule has 0 spiro atoms. The number of hydrogen-bond acceptors (Lipinski definition) is 4. The Morgan fingerprint density at radius 2 is 2.04 bits per heavy atom. The molecule has 0 bridgehead atoms. The van der Waals surface area contributed by atoms with Crippen LogP contribution >= 0.6 is 0 Å². The van der Waals surface area contributed by atoms with Crippen LogP contribution in [0, 0.1) is 11.3 Å². The van der Waals surface area contributed by atoms with Crippen LogP contribution in [0.3, 0.4) is 0 Å². The lowest BCUT2D eigenvalue weighted by Crippen LogP contribution is -2.19. The van der Waals surface area contributed by atoms with Gasteiger partial charge in [-0.15, -0.1) is 0 Å². The number of likely N-dealkylation sites (N-methyl/N-ethyl adjacent to an activating group) is 1. The van der Waals surface area contributed by atoms with Crippen LogP contribution in [-0.2, 0) is 11.3 Å². The van der Waals surface area contributed by atoms with Gasteiger partial charge in [0.1, 0.15) is 17.4 Å². The summed E-state index contributed by atoms with van der Waals surface area (Å²) in [4.78, 5) is 11.9. The summed E-state index contributed by atoms with van der Waals surface area (Å²) < 4.78 is 7.11. The first kappa shape index (κ1) is 18.9. The number of nitriles is 1. The maximum atomic E-state index is 11.9. The molecule has 140 valence electrons. The van der Waals surface area contributed by atoms with Gasteiger partial charge in [-0.1, -0.05) is 42.5 Å². The minimum Gasteiger partial charge on any atom is -0.497 e. The van der Waals surface area contributed by atoms with Gasteiger partial charge in [-0.2, -0.15) is 10.4 Å². The minimum absolute atomic E-state index is 0.0194. The molecule has 3 aromatic rings. The molecule has 0 saturated heterocycles. The maximum Gasteiger partial charge on any atom is 0.261 e. The zero-order valence-electron chi connectivity index (χ0n) is 15.7. The first-order valence-electron chi connectivity index (χ1n) is 8.74. The topological polar surface area (TPSA) is 79.9 Å². The van der Waals surface area contributed by atoms with Gasteiger partial charge in [-0.3, -0.25) is 9.48 Å². The van der Waals surface area contributed by atoms with E-state index in [-0.39, 0.29) is 5.57 Å². The van der Waals surface area contributed by atoms with Crippen molar-refractivity contribution in [3.8, 4) is 23.1 Å². The molecule has 0 aliphatic heterocycles. The van der Waals surface area contributed by atoms with E-state index in [0.717, 1.165) is 11.1 Å². The predicted molar refractivity (Wildman–Crippen MR) is 107 cm³/mol. The molecule has 0 fully saturated rings. The van der Waals surface area contributed by atoms with Crippen LogP contribution in [0.25, 0.3) is 17.3 Å². The molecule has 0 unspecified atom stereocenters. The van der Waals surface area contributed by atoms with Crippen molar-refractivity contribution in [2.45, 2.75) is 6.54 Å². The summed E-state index contributed by atoms with van der Waals surface area (Å²) in [5.74, 6) is 0.270. The van der Waals surface area contributed by atoms with Gasteiger partial charge in [-0.05, 0) is 23.8 Å². The highest BCUT2D eigenvalue weighted by Gasteiger charge is 2.14. The van der Waals surface area contributed by atoms with Crippen molar-refractivity contribution in [1.82, 2.24) is 15.1 Å². The number of nitrogens with one attached hydrogen (secondary N) is 1. The average molecular weight is 372 g/mol. The van der Waals surface area contributed by atoms with Crippen LogP contribution in [0.2, 0.25) is 0 Å². The number of carbonyl (C=O) groups is 1. The van der Waals surface area contributed by atoms with Crippen LogP contribution in [0.15, 0.2) is 66.4 Å². The van der Waals surface area contributed by atoms with Crippen molar-refractivity contribution in [2.75, 3.05) is 14.2 Å². The monoisotopic (exact) mass is 372 g/mol. The number of aromatic nitrogens is 2. The molecule has 0 saturated carbocycles. The molecule has 0 aliphatic rings. The van der Waals surface area contributed by atoms with E-state index < -0.39 is 5.91 Å². The Morgan fingerprint density at radius 3 is 2.71 bits per heavy atom. The van der Waals surface area contributed by atoms with Crippen molar-refractivity contribution in [3.05, 3.63) is 77.5 Å². The second-order valence-corrected chi connectivity index (χ2v) is 6.10. The Morgan fingerprint density at radius 1 is 1.25 bits per heavy atom. The van der Waals surface area contributed by atoms with Gasteiger partial charge in [0.25, 0.3) is 5.91 Å². The highest BCUT2D eigenvalue weighted by atomic mass is 16.5. The first-order valence-corrected chi connectivity index (χ1v) is 8.74. The molecule has 1 amide bonds. The summed E-state index contributed by atoms with van der Waals surface area (Å²) in [6, 6.07) is 19.4. The van der Waals surface area contributed by atoms with E-state index in [1.807, 2.05) is 66.9 Å². The third-order valence-corrected chi connectivity index (χ3v) is 4.21. The van der Waals surface area contributed by atoms with E-state index in [0.29, 0.717) is 23.6 Å². The molecule has 0 radical (unpaired) electrons. The third-order valence-electron chi connectivity index (χ3n) is 4.21. The zero-order chi connectivity index (χ0) is 19.9. The molecule has 28 heavy (non-hydrogen) atoms. The van der Waals surface area contributed by atoms with E-state index in [2.05, 4.69) is 5.32 Å². The Hall–Kier alpha value is -3.85. The zero-order valence-corrected chi connectivity index (χ0v) is 15.7. The number of nitrogens with zero attached hydrogens (tertiary/aromatic N) is 3. The number of ether oxygens (including phenoxy) is 1. The van der Waals surface area contributed by atoms with Crippen molar-refractivity contribution < 1.29 is 9.53 Å². The second kappa shape index (κ2) is 8.69. The summed E-state index contributed by atoms with van der Waals surface area (Å²) >= 11 is 0. The molecular formula is C22H20N4O2. The minimum atomic E-state index is -0.435. The smallest absolute Gasteiger partial charge is 0.261 e. The van der Waals surface area contributed by atoms with Crippen molar-refractivity contribution >= 4 is 12.0 Å². The van der Waals surface area contributed by atoms with E-state index in [4.69, 9.17) is 9.84 Å². The summed E-state index contributed by atoms with van der Waals surface area (Å²) in [5.41, 5.74) is 3.32. The number of methoxy groups -OCH3 is 1. The summed E-state index contributed by atoms with van der Waals surface area (Å²) in [5, 5.41) is 16.5. The number of rotatable bonds is 6. The number of carbonyl (C=O) groups excluding carboxylic acids is 1. The van der Waals surface area contributed by atoms with Crippen LogP contribution in [0.5, 0.6) is 5.75 Å². The summed E-state index contributed by atoms with van der Waals surface area (Å²) in [7, 11) is 3.10. The SMILES string of the molecule is CNC(=O)/C(C#N)=C/c1cn(Cc2ccccc2)nc1-c1cccc(OC)c1. The molecular weight excluding hydrogens is 352 g/mol. The van der Waals surface area contributed by atoms with Gasteiger partial charge in [-0.25, -0.2) is 0 Å². The van der Waals surface area contributed by atoms with Gasteiger partial charge in [0.05, 0.1) is 19.3 Å². The standard InChI is InChI=1S/C22H20N4O2/c1-24-22(27)18(13-23)11-19-15-26(14-16-7-4-3-5-8-16)25-21(19)17-9-6-10-20(12-17)28-2/h3-12,15H,14H2,1-2H3,(H,24,27)/b18-11+. The Balaban J connectivity index is 2.08. The van der Waals surface area contributed by atoms with E-state index >= 15 is 0 Å².